The summed E-state index contributed by atoms with van der Waals surface area (Å²) in [6.07, 6.45) is -0.565. The number of nitrogens with zero attached hydrogens (tertiary/aromatic N) is 1. The molecule has 0 bridgehead atoms. The van der Waals surface area contributed by atoms with E-state index in [4.69, 9.17) is 5.21 Å². The van der Waals surface area contributed by atoms with E-state index >= 15 is 0 Å². The van der Waals surface area contributed by atoms with Gasteiger partial charge in [0.15, 0.2) is 0 Å². The third-order valence-corrected chi connectivity index (χ3v) is 3.52. The number of hydrogen-bond acceptors (Lipinski definition) is 5. The maximum Gasteiger partial charge on any atom is 0.313 e. The first kappa shape index (κ1) is 16.7. The van der Waals surface area contributed by atoms with Crippen LogP contribution in [0.3, 0.4) is 0 Å². The van der Waals surface area contributed by atoms with Gasteiger partial charge >= 0.3 is 5.91 Å². The Morgan fingerprint density at radius 2 is 1.65 bits per heavy atom. The highest BCUT2D eigenvalue weighted by Crippen LogP contribution is 2.34. The molecule has 0 aromatic heterocycles. The fourth-order valence-corrected chi connectivity index (χ4v) is 2.34. The van der Waals surface area contributed by atoms with E-state index in [1.807, 2.05) is 0 Å². The van der Waals surface area contributed by atoms with Crippen LogP contribution in [0.5, 0.6) is 5.75 Å². The molecular formula is C17H17NO5. The summed E-state index contributed by atoms with van der Waals surface area (Å²) in [7, 11) is 1.04. The summed E-state index contributed by atoms with van der Waals surface area (Å²) in [5.74, 6) is -2.15. The number of amides is 1. The molecule has 0 saturated carbocycles. The van der Waals surface area contributed by atoms with Gasteiger partial charge < -0.3 is 10.2 Å². The zero-order valence-electron chi connectivity index (χ0n) is 12.5. The van der Waals surface area contributed by atoms with Gasteiger partial charge in [0, 0.05) is 7.05 Å². The lowest BCUT2D eigenvalue weighted by molar-refractivity contribution is -0.166. The Kier molecular flexibility index (Phi) is 4.78. The molecule has 2 aromatic carbocycles. The van der Waals surface area contributed by atoms with Crippen molar-refractivity contribution in [3.8, 4) is 5.75 Å². The van der Waals surface area contributed by atoms with Crippen LogP contribution in [-0.4, -0.2) is 39.2 Å². The van der Waals surface area contributed by atoms with Crippen LogP contribution >= 0.6 is 0 Å². The molecule has 0 radical (unpaired) electrons. The number of phenols is 1. The number of aromatic hydroxyl groups is 1. The van der Waals surface area contributed by atoms with Crippen LogP contribution in [0.1, 0.15) is 17.5 Å². The zero-order valence-corrected chi connectivity index (χ0v) is 12.5. The van der Waals surface area contributed by atoms with Crippen molar-refractivity contribution >= 4 is 11.7 Å². The van der Waals surface area contributed by atoms with E-state index < -0.39 is 23.7 Å². The smallest absolute Gasteiger partial charge is 0.313 e. The summed E-state index contributed by atoms with van der Waals surface area (Å²) in [6, 6.07) is 14.2. The second-order valence-corrected chi connectivity index (χ2v) is 5.21. The number of hydroxylamine groups is 2. The van der Waals surface area contributed by atoms with Crippen molar-refractivity contribution < 1.29 is 25.0 Å². The number of phenolic OH excluding ortho intramolecular Hbond substituents is 1. The van der Waals surface area contributed by atoms with E-state index in [-0.39, 0.29) is 16.4 Å². The molecule has 6 nitrogen and oxygen atoms in total. The van der Waals surface area contributed by atoms with Gasteiger partial charge in [-0.05, 0) is 23.3 Å². The molecule has 1 atom stereocenters. The number of likely N-dealkylation sites (N-methyl/N-ethyl adjacent to an activating group) is 1. The number of hydrogen-bond donors (Lipinski definition) is 3. The summed E-state index contributed by atoms with van der Waals surface area (Å²) >= 11 is 0. The number of benzene rings is 2. The van der Waals surface area contributed by atoms with Crippen molar-refractivity contribution in [2.24, 2.45) is 0 Å². The Morgan fingerprint density at radius 1 is 1.04 bits per heavy atom. The second-order valence-electron chi connectivity index (χ2n) is 5.21. The summed E-state index contributed by atoms with van der Waals surface area (Å²) < 4.78 is 0. The van der Waals surface area contributed by atoms with Gasteiger partial charge in [-0.15, -0.1) is 0 Å². The molecule has 0 spiro atoms. The molecule has 6 heteroatoms. The second kappa shape index (κ2) is 6.60. The quantitative estimate of drug-likeness (QED) is 0.440. The molecule has 2 rings (SSSR count). The average Bonchev–Trinajstić information content (AvgIpc) is 2.54. The van der Waals surface area contributed by atoms with Crippen molar-refractivity contribution in [1.29, 1.82) is 0 Å². The maximum atomic E-state index is 12.1. The minimum absolute atomic E-state index is 0.0742. The van der Waals surface area contributed by atoms with Crippen LogP contribution in [0.4, 0.5) is 0 Å². The highest BCUT2D eigenvalue weighted by atomic mass is 16.5. The lowest BCUT2D eigenvalue weighted by atomic mass is 9.82. The molecule has 120 valence electrons. The third kappa shape index (κ3) is 3.56. The van der Waals surface area contributed by atoms with Gasteiger partial charge in [0.1, 0.15) is 11.4 Å². The molecule has 0 aliphatic heterocycles. The topological polar surface area (TPSA) is 98.1 Å². The molecule has 1 unspecified atom stereocenters. The van der Waals surface area contributed by atoms with Gasteiger partial charge in [-0.1, -0.05) is 42.5 Å². The summed E-state index contributed by atoms with van der Waals surface area (Å²) in [5, 5.41) is 30.0. The molecule has 3 N–H and O–H groups in total. The largest absolute Gasteiger partial charge is 0.508 e. The predicted molar refractivity (Wildman–Crippen MR) is 81.7 cm³/mol. The first-order valence-corrected chi connectivity index (χ1v) is 6.92. The van der Waals surface area contributed by atoms with E-state index in [9.17, 15) is 19.8 Å². The van der Waals surface area contributed by atoms with Gasteiger partial charge in [0.2, 0.25) is 5.78 Å². The Hall–Kier alpha value is -2.70. The number of Topliss-reactive ketones (excluding diaryl/α,β-unsaturated/α-hetero) is 1. The Morgan fingerprint density at radius 3 is 2.22 bits per heavy atom. The van der Waals surface area contributed by atoms with Crippen LogP contribution in [0, 0.1) is 0 Å². The zero-order chi connectivity index (χ0) is 17.0. The SMILES string of the molecule is CN(O)C(=O)C(=O)CC(O)(c1ccccc1)c1cccc(O)c1. The Balaban J connectivity index is 2.48. The molecule has 0 aliphatic rings. The summed E-state index contributed by atoms with van der Waals surface area (Å²) in [5.41, 5.74) is -1.14. The summed E-state index contributed by atoms with van der Waals surface area (Å²) in [6.45, 7) is 0. The highest BCUT2D eigenvalue weighted by Gasteiger charge is 2.37. The molecule has 0 heterocycles. The number of carbonyl (C=O) groups excluding carboxylic acids is 2. The molecule has 0 aliphatic carbocycles. The normalized spacial score (nSPS) is 13.2. The van der Waals surface area contributed by atoms with Crippen molar-refractivity contribution in [2.75, 3.05) is 7.05 Å². The predicted octanol–water partition coefficient (Wildman–Crippen LogP) is 1.43. The molecular weight excluding hydrogens is 298 g/mol. The van der Waals surface area contributed by atoms with Crippen LogP contribution < -0.4 is 0 Å². The van der Waals surface area contributed by atoms with Crippen LogP contribution in [-0.2, 0) is 15.2 Å². The van der Waals surface area contributed by atoms with Crippen molar-refractivity contribution in [3.63, 3.8) is 0 Å². The highest BCUT2D eigenvalue weighted by molar-refractivity contribution is 6.35. The lowest BCUT2D eigenvalue weighted by Crippen LogP contribution is -2.37. The molecule has 0 saturated heterocycles. The first-order valence-electron chi connectivity index (χ1n) is 6.92. The van der Waals surface area contributed by atoms with E-state index in [1.54, 1.807) is 36.4 Å². The fraction of sp³-hybridized carbons (Fsp3) is 0.176. The number of aliphatic hydroxyl groups is 1. The minimum Gasteiger partial charge on any atom is -0.508 e. The van der Waals surface area contributed by atoms with Crippen LogP contribution in [0.2, 0.25) is 0 Å². The summed E-state index contributed by atoms with van der Waals surface area (Å²) in [4.78, 5) is 23.7. The van der Waals surface area contributed by atoms with E-state index in [1.165, 1.54) is 18.2 Å². The van der Waals surface area contributed by atoms with Crippen molar-refractivity contribution in [2.45, 2.75) is 12.0 Å². The van der Waals surface area contributed by atoms with Crippen molar-refractivity contribution in [1.82, 2.24) is 5.06 Å². The number of rotatable bonds is 5. The van der Waals surface area contributed by atoms with Gasteiger partial charge in [-0.2, -0.15) is 0 Å². The van der Waals surface area contributed by atoms with E-state index in [0.29, 0.717) is 5.56 Å². The number of carbonyl (C=O) groups is 2. The van der Waals surface area contributed by atoms with E-state index in [0.717, 1.165) is 7.05 Å². The van der Waals surface area contributed by atoms with E-state index in [2.05, 4.69) is 0 Å². The first-order chi connectivity index (χ1) is 10.8. The monoisotopic (exact) mass is 315 g/mol. The molecule has 2 aromatic rings. The fourth-order valence-electron chi connectivity index (χ4n) is 2.34. The standard InChI is InChI=1S/C17H17NO5/c1-18(23)16(21)15(20)11-17(22,12-6-3-2-4-7-12)13-8-5-9-14(19)10-13/h2-10,19,22-23H,11H2,1H3. The molecule has 0 fully saturated rings. The van der Waals surface area contributed by atoms with Gasteiger partial charge in [-0.3, -0.25) is 14.8 Å². The molecule has 23 heavy (non-hydrogen) atoms. The lowest BCUT2D eigenvalue weighted by Gasteiger charge is -2.29. The van der Waals surface area contributed by atoms with Gasteiger partial charge in [0.05, 0.1) is 6.42 Å². The Bertz CT molecular complexity index is 714. The number of ketones is 1. The van der Waals surface area contributed by atoms with Crippen LogP contribution in [0.25, 0.3) is 0 Å². The maximum absolute atomic E-state index is 12.1. The molecule has 1 amide bonds. The van der Waals surface area contributed by atoms with Crippen LogP contribution in [0.15, 0.2) is 54.6 Å². The van der Waals surface area contributed by atoms with Gasteiger partial charge in [-0.25, -0.2) is 5.06 Å². The third-order valence-electron chi connectivity index (χ3n) is 3.52. The van der Waals surface area contributed by atoms with Crippen molar-refractivity contribution in [3.05, 3.63) is 65.7 Å². The average molecular weight is 315 g/mol. The van der Waals surface area contributed by atoms with Gasteiger partial charge in [0.25, 0.3) is 0 Å². The minimum atomic E-state index is -1.80. The Labute approximate surface area is 133 Å².